The lowest BCUT2D eigenvalue weighted by Gasteiger charge is -2.19. The molecule has 0 bridgehead atoms. The monoisotopic (exact) mass is 265 g/mol. The zero-order valence-corrected chi connectivity index (χ0v) is 12.6. The van der Waals surface area contributed by atoms with Gasteiger partial charge in [-0.25, -0.2) is 5.48 Å². The van der Waals surface area contributed by atoms with Crippen LogP contribution in [0.25, 0.3) is 0 Å². The van der Waals surface area contributed by atoms with Crippen molar-refractivity contribution in [2.75, 3.05) is 6.61 Å². The minimum absolute atomic E-state index is 0.0547. The first kappa shape index (κ1) is 15.5. The first-order chi connectivity index (χ1) is 8.69. The van der Waals surface area contributed by atoms with Crippen LogP contribution in [0.3, 0.4) is 0 Å². The Morgan fingerprint density at radius 1 is 1.16 bits per heavy atom. The average Bonchev–Trinajstić information content (AvgIpc) is 2.23. The van der Waals surface area contributed by atoms with Gasteiger partial charge in [-0.3, -0.25) is 9.63 Å². The van der Waals surface area contributed by atoms with Crippen LogP contribution >= 0.6 is 0 Å². The first-order valence-electron chi connectivity index (χ1n) is 6.36. The smallest absolute Gasteiger partial charge is 0.281 e. The number of ether oxygens (including phenoxy) is 1. The molecule has 0 aliphatic carbocycles. The van der Waals surface area contributed by atoms with Crippen molar-refractivity contribution in [3.05, 3.63) is 28.8 Å². The van der Waals surface area contributed by atoms with E-state index < -0.39 is 5.60 Å². The summed E-state index contributed by atoms with van der Waals surface area (Å²) in [5.74, 6) is 0.464. The maximum Gasteiger partial charge on any atom is 0.281 e. The summed E-state index contributed by atoms with van der Waals surface area (Å²) in [4.78, 5) is 16.8. The highest BCUT2D eigenvalue weighted by molar-refractivity contribution is 5.76. The van der Waals surface area contributed by atoms with Crippen LogP contribution in [0.1, 0.15) is 37.5 Å². The van der Waals surface area contributed by atoms with Crippen LogP contribution in [-0.4, -0.2) is 18.1 Å². The molecular weight excluding hydrogens is 242 g/mol. The lowest BCUT2D eigenvalue weighted by atomic mass is 10.1. The van der Waals surface area contributed by atoms with Gasteiger partial charge >= 0.3 is 0 Å². The fourth-order valence-corrected chi connectivity index (χ4v) is 1.77. The molecule has 4 heteroatoms. The van der Waals surface area contributed by atoms with Gasteiger partial charge in [-0.05, 0) is 52.7 Å². The molecule has 0 fully saturated rings. The summed E-state index contributed by atoms with van der Waals surface area (Å²) in [5.41, 5.74) is 5.21. The van der Waals surface area contributed by atoms with Crippen molar-refractivity contribution in [2.45, 2.75) is 47.1 Å². The molecule has 0 aliphatic rings. The fourth-order valence-electron chi connectivity index (χ4n) is 1.77. The van der Waals surface area contributed by atoms with Gasteiger partial charge in [-0.15, -0.1) is 0 Å². The Kier molecular flexibility index (Phi) is 4.95. The lowest BCUT2D eigenvalue weighted by Crippen LogP contribution is -2.36. The quantitative estimate of drug-likeness (QED) is 0.852. The van der Waals surface area contributed by atoms with E-state index in [4.69, 9.17) is 9.57 Å². The molecule has 1 amide bonds. The number of benzene rings is 1. The number of amides is 1. The lowest BCUT2D eigenvalue weighted by molar-refractivity contribution is -0.147. The largest absolute Gasteiger partial charge is 0.483 e. The van der Waals surface area contributed by atoms with Gasteiger partial charge in [0, 0.05) is 0 Å². The van der Waals surface area contributed by atoms with E-state index in [0.29, 0.717) is 0 Å². The Bertz CT molecular complexity index is 438. The van der Waals surface area contributed by atoms with E-state index in [1.807, 2.05) is 53.7 Å². The summed E-state index contributed by atoms with van der Waals surface area (Å²) in [6, 6.07) is 4.07. The summed E-state index contributed by atoms with van der Waals surface area (Å²) in [7, 11) is 0. The van der Waals surface area contributed by atoms with Crippen molar-refractivity contribution in [1.29, 1.82) is 0 Å². The van der Waals surface area contributed by atoms with Crippen LogP contribution in [0.5, 0.6) is 5.75 Å². The van der Waals surface area contributed by atoms with Gasteiger partial charge in [-0.2, -0.15) is 0 Å². The zero-order valence-electron chi connectivity index (χ0n) is 12.6. The van der Waals surface area contributed by atoms with Crippen LogP contribution < -0.4 is 10.2 Å². The second kappa shape index (κ2) is 6.06. The normalized spacial score (nSPS) is 11.3. The minimum Gasteiger partial charge on any atom is -0.483 e. The molecule has 1 aromatic carbocycles. The number of nitrogens with one attached hydrogen (secondary N) is 1. The topological polar surface area (TPSA) is 47.6 Å². The molecule has 1 N–H and O–H groups in total. The summed E-state index contributed by atoms with van der Waals surface area (Å²) in [6.07, 6.45) is 0. The van der Waals surface area contributed by atoms with Gasteiger partial charge in [0.05, 0.1) is 5.60 Å². The van der Waals surface area contributed by atoms with Crippen molar-refractivity contribution in [3.8, 4) is 5.75 Å². The van der Waals surface area contributed by atoms with Gasteiger partial charge in [-0.1, -0.05) is 17.7 Å². The number of hydroxylamine groups is 1. The highest BCUT2D eigenvalue weighted by Crippen LogP contribution is 2.24. The molecule has 0 radical (unpaired) electrons. The van der Waals surface area contributed by atoms with Crippen molar-refractivity contribution in [2.24, 2.45) is 0 Å². The third-order valence-corrected chi connectivity index (χ3v) is 2.42. The SMILES string of the molecule is Cc1cc(C)c(OCC(=O)NOC(C)(C)C)c(C)c1. The van der Waals surface area contributed by atoms with Crippen LogP contribution in [0.2, 0.25) is 0 Å². The number of rotatable bonds is 4. The molecule has 4 nitrogen and oxygen atoms in total. The second-order valence-corrected chi connectivity index (χ2v) is 5.76. The molecule has 0 unspecified atom stereocenters. The zero-order chi connectivity index (χ0) is 14.6. The maximum absolute atomic E-state index is 11.6. The van der Waals surface area contributed by atoms with Crippen molar-refractivity contribution in [1.82, 2.24) is 5.48 Å². The fraction of sp³-hybridized carbons (Fsp3) is 0.533. The Morgan fingerprint density at radius 3 is 2.16 bits per heavy atom. The predicted molar refractivity (Wildman–Crippen MR) is 75.1 cm³/mol. The number of hydrogen-bond acceptors (Lipinski definition) is 3. The highest BCUT2D eigenvalue weighted by Gasteiger charge is 2.14. The van der Waals surface area contributed by atoms with E-state index in [1.54, 1.807) is 0 Å². The van der Waals surface area contributed by atoms with Crippen molar-refractivity contribution >= 4 is 5.91 Å². The summed E-state index contributed by atoms with van der Waals surface area (Å²) in [5, 5.41) is 0. The molecule has 0 spiro atoms. The standard InChI is InChI=1S/C15H23NO3/c1-10-7-11(2)14(12(3)8-10)18-9-13(17)16-19-15(4,5)6/h7-8H,9H2,1-6H3,(H,16,17). The summed E-state index contributed by atoms with van der Waals surface area (Å²) in [6.45, 7) is 11.5. The molecule has 0 saturated carbocycles. The molecule has 1 aromatic rings. The predicted octanol–water partition coefficient (Wildman–Crippen LogP) is 2.84. The summed E-state index contributed by atoms with van der Waals surface area (Å²) >= 11 is 0. The second-order valence-electron chi connectivity index (χ2n) is 5.76. The molecule has 0 aliphatic heterocycles. The van der Waals surface area contributed by atoms with Gasteiger partial charge < -0.3 is 4.74 Å². The third-order valence-electron chi connectivity index (χ3n) is 2.42. The van der Waals surface area contributed by atoms with Crippen LogP contribution in [0.15, 0.2) is 12.1 Å². The third kappa shape index (κ3) is 5.30. The molecule has 106 valence electrons. The van der Waals surface area contributed by atoms with Crippen LogP contribution in [-0.2, 0) is 9.63 Å². The number of hydrogen-bond donors (Lipinski definition) is 1. The van der Waals surface area contributed by atoms with Gasteiger partial charge in [0.2, 0.25) is 0 Å². The van der Waals surface area contributed by atoms with Crippen LogP contribution in [0.4, 0.5) is 0 Å². The molecular formula is C15H23NO3. The van der Waals surface area contributed by atoms with E-state index in [2.05, 4.69) is 5.48 Å². The summed E-state index contributed by atoms with van der Waals surface area (Å²) < 4.78 is 5.56. The van der Waals surface area contributed by atoms with Crippen molar-refractivity contribution in [3.63, 3.8) is 0 Å². The Balaban J connectivity index is 2.56. The molecule has 19 heavy (non-hydrogen) atoms. The number of carbonyl (C=O) groups is 1. The Hall–Kier alpha value is -1.55. The molecule has 0 atom stereocenters. The van der Waals surface area contributed by atoms with E-state index in [9.17, 15) is 4.79 Å². The van der Waals surface area contributed by atoms with Gasteiger partial charge in [0.25, 0.3) is 5.91 Å². The molecule has 0 aromatic heterocycles. The molecule has 0 saturated heterocycles. The van der Waals surface area contributed by atoms with E-state index in [-0.39, 0.29) is 12.5 Å². The Morgan fingerprint density at radius 2 is 1.68 bits per heavy atom. The van der Waals surface area contributed by atoms with Gasteiger partial charge in [0.1, 0.15) is 5.75 Å². The van der Waals surface area contributed by atoms with E-state index in [0.717, 1.165) is 16.9 Å². The van der Waals surface area contributed by atoms with Gasteiger partial charge in [0.15, 0.2) is 6.61 Å². The van der Waals surface area contributed by atoms with E-state index >= 15 is 0 Å². The Labute approximate surface area is 115 Å². The maximum atomic E-state index is 11.6. The molecule has 1 rings (SSSR count). The van der Waals surface area contributed by atoms with E-state index in [1.165, 1.54) is 5.56 Å². The number of carbonyl (C=O) groups excluding carboxylic acids is 1. The van der Waals surface area contributed by atoms with Crippen molar-refractivity contribution < 1.29 is 14.4 Å². The van der Waals surface area contributed by atoms with Crippen LogP contribution in [0, 0.1) is 20.8 Å². The minimum atomic E-state index is -0.411. The molecule has 0 heterocycles. The number of aryl methyl sites for hydroxylation is 3. The first-order valence-corrected chi connectivity index (χ1v) is 6.36. The average molecular weight is 265 g/mol. The highest BCUT2D eigenvalue weighted by atomic mass is 16.7.